The van der Waals surface area contributed by atoms with Crippen molar-refractivity contribution in [1.29, 1.82) is 0 Å². The van der Waals surface area contributed by atoms with Crippen LogP contribution in [0.25, 0.3) is 0 Å². The summed E-state index contributed by atoms with van der Waals surface area (Å²) in [6.07, 6.45) is 5.48. The fourth-order valence-electron chi connectivity index (χ4n) is 1.84. The van der Waals surface area contributed by atoms with E-state index < -0.39 is 0 Å². The number of rotatable bonds is 4. The van der Waals surface area contributed by atoms with Crippen LogP contribution in [0.2, 0.25) is 0 Å². The van der Waals surface area contributed by atoms with E-state index in [0.29, 0.717) is 0 Å². The summed E-state index contributed by atoms with van der Waals surface area (Å²) in [4.78, 5) is 0. The molecule has 0 saturated carbocycles. The van der Waals surface area contributed by atoms with E-state index in [1.807, 2.05) is 19.9 Å². The minimum absolute atomic E-state index is 0.150. The Kier molecular flexibility index (Phi) is 4.20. The van der Waals surface area contributed by atoms with Gasteiger partial charge in [-0.2, -0.15) is 0 Å². The molecule has 0 aliphatic carbocycles. The van der Waals surface area contributed by atoms with E-state index in [2.05, 4.69) is 37.2 Å². The standard InChI is InChI=1S/C15H21NO/c1-7-15(4,5)16-12(3)13-9-8-11(2)10-14(13)17-6/h1,8-10,12,16H,2-6H3. The highest BCUT2D eigenvalue weighted by Gasteiger charge is 2.19. The molecule has 1 aromatic carbocycles. The van der Waals surface area contributed by atoms with Crippen LogP contribution in [0.4, 0.5) is 0 Å². The molecule has 0 aliphatic heterocycles. The van der Waals surface area contributed by atoms with Crippen LogP contribution in [-0.2, 0) is 0 Å². The van der Waals surface area contributed by atoms with Gasteiger partial charge < -0.3 is 4.74 Å². The van der Waals surface area contributed by atoms with Crippen LogP contribution in [0.3, 0.4) is 0 Å². The third kappa shape index (κ3) is 3.51. The summed E-state index contributed by atoms with van der Waals surface area (Å²) in [6, 6.07) is 6.35. The van der Waals surface area contributed by atoms with Gasteiger partial charge in [-0.05, 0) is 39.3 Å². The second-order valence-electron chi connectivity index (χ2n) is 4.88. The van der Waals surface area contributed by atoms with Crippen molar-refractivity contribution in [2.75, 3.05) is 7.11 Å². The van der Waals surface area contributed by atoms with Crippen molar-refractivity contribution in [3.05, 3.63) is 29.3 Å². The summed E-state index contributed by atoms with van der Waals surface area (Å²) in [5.41, 5.74) is 1.99. The molecule has 0 saturated heterocycles. The molecular weight excluding hydrogens is 210 g/mol. The summed E-state index contributed by atoms with van der Waals surface area (Å²) < 4.78 is 5.40. The van der Waals surface area contributed by atoms with Crippen molar-refractivity contribution in [2.24, 2.45) is 0 Å². The minimum atomic E-state index is -0.324. The maximum absolute atomic E-state index is 5.48. The van der Waals surface area contributed by atoms with Gasteiger partial charge in [0.1, 0.15) is 5.75 Å². The Morgan fingerprint density at radius 3 is 2.59 bits per heavy atom. The van der Waals surface area contributed by atoms with Gasteiger partial charge >= 0.3 is 0 Å². The van der Waals surface area contributed by atoms with E-state index >= 15 is 0 Å². The summed E-state index contributed by atoms with van der Waals surface area (Å²) in [5.74, 6) is 3.64. The number of nitrogens with one attached hydrogen (secondary N) is 1. The predicted molar refractivity (Wildman–Crippen MR) is 72.2 cm³/mol. The highest BCUT2D eigenvalue weighted by atomic mass is 16.5. The van der Waals surface area contributed by atoms with Gasteiger partial charge in [0.15, 0.2) is 0 Å². The molecule has 0 amide bonds. The van der Waals surface area contributed by atoms with Gasteiger partial charge in [0, 0.05) is 11.6 Å². The van der Waals surface area contributed by atoms with Crippen molar-refractivity contribution >= 4 is 0 Å². The van der Waals surface area contributed by atoms with Gasteiger partial charge in [-0.1, -0.05) is 18.1 Å². The van der Waals surface area contributed by atoms with Gasteiger partial charge in [0.05, 0.1) is 12.6 Å². The average molecular weight is 231 g/mol. The summed E-state index contributed by atoms with van der Waals surface area (Å²) in [5, 5.41) is 3.40. The Bertz CT molecular complexity index is 429. The monoisotopic (exact) mass is 231 g/mol. The van der Waals surface area contributed by atoms with Crippen LogP contribution in [0.1, 0.15) is 37.9 Å². The molecule has 0 aromatic heterocycles. The third-order valence-corrected chi connectivity index (χ3v) is 2.79. The van der Waals surface area contributed by atoms with E-state index in [-0.39, 0.29) is 11.6 Å². The molecule has 92 valence electrons. The van der Waals surface area contributed by atoms with Crippen LogP contribution in [0.5, 0.6) is 5.75 Å². The number of hydrogen-bond donors (Lipinski definition) is 1. The second kappa shape index (κ2) is 5.25. The van der Waals surface area contributed by atoms with Crippen molar-refractivity contribution in [1.82, 2.24) is 5.32 Å². The molecule has 0 aliphatic rings. The quantitative estimate of drug-likeness (QED) is 0.804. The number of aryl methyl sites for hydroxylation is 1. The zero-order valence-electron chi connectivity index (χ0n) is 11.3. The molecule has 0 bridgehead atoms. The van der Waals surface area contributed by atoms with E-state index in [0.717, 1.165) is 11.3 Å². The first kappa shape index (κ1) is 13.6. The van der Waals surface area contributed by atoms with Crippen molar-refractivity contribution in [3.8, 4) is 18.1 Å². The Morgan fingerprint density at radius 1 is 1.41 bits per heavy atom. The summed E-state index contributed by atoms with van der Waals surface area (Å²) >= 11 is 0. The van der Waals surface area contributed by atoms with Crippen molar-refractivity contribution in [3.63, 3.8) is 0 Å². The zero-order chi connectivity index (χ0) is 13.1. The largest absolute Gasteiger partial charge is 0.496 e. The number of hydrogen-bond acceptors (Lipinski definition) is 2. The molecule has 0 fully saturated rings. The lowest BCUT2D eigenvalue weighted by atomic mass is 10.0. The highest BCUT2D eigenvalue weighted by Crippen LogP contribution is 2.27. The van der Waals surface area contributed by atoms with Crippen molar-refractivity contribution in [2.45, 2.75) is 39.3 Å². The molecule has 0 heterocycles. The Balaban J connectivity index is 2.97. The van der Waals surface area contributed by atoms with Gasteiger partial charge in [0.2, 0.25) is 0 Å². The van der Waals surface area contributed by atoms with E-state index in [4.69, 9.17) is 11.2 Å². The van der Waals surface area contributed by atoms with Crippen LogP contribution in [-0.4, -0.2) is 12.6 Å². The fourth-order valence-corrected chi connectivity index (χ4v) is 1.84. The van der Waals surface area contributed by atoms with Crippen LogP contribution in [0.15, 0.2) is 18.2 Å². The second-order valence-corrected chi connectivity index (χ2v) is 4.88. The summed E-state index contributed by atoms with van der Waals surface area (Å²) in [6.45, 7) is 8.12. The van der Waals surface area contributed by atoms with Gasteiger partial charge in [-0.25, -0.2) is 0 Å². The predicted octanol–water partition coefficient (Wildman–Crippen LogP) is 3.07. The molecule has 1 unspecified atom stereocenters. The van der Waals surface area contributed by atoms with Gasteiger partial charge in [-0.15, -0.1) is 6.42 Å². The molecule has 1 N–H and O–H groups in total. The maximum atomic E-state index is 5.48. The molecule has 17 heavy (non-hydrogen) atoms. The molecule has 2 heteroatoms. The van der Waals surface area contributed by atoms with Crippen LogP contribution >= 0.6 is 0 Å². The fraction of sp³-hybridized carbons (Fsp3) is 0.467. The topological polar surface area (TPSA) is 21.3 Å². The molecule has 0 radical (unpaired) electrons. The lowest BCUT2D eigenvalue weighted by Gasteiger charge is -2.26. The first-order chi connectivity index (χ1) is 7.89. The maximum Gasteiger partial charge on any atom is 0.123 e. The normalized spacial score (nSPS) is 12.9. The lowest BCUT2D eigenvalue weighted by molar-refractivity contribution is 0.385. The van der Waals surface area contributed by atoms with Crippen molar-refractivity contribution < 1.29 is 4.74 Å². The molecule has 1 rings (SSSR count). The molecule has 2 nitrogen and oxygen atoms in total. The molecule has 0 spiro atoms. The highest BCUT2D eigenvalue weighted by molar-refractivity contribution is 5.39. The van der Waals surface area contributed by atoms with Gasteiger partial charge in [0.25, 0.3) is 0 Å². The Labute approximate surface area is 104 Å². The Hall–Kier alpha value is -1.46. The first-order valence-corrected chi connectivity index (χ1v) is 5.79. The lowest BCUT2D eigenvalue weighted by Crippen LogP contribution is -2.39. The first-order valence-electron chi connectivity index (χ1n) is 5.79. The van der Waals surface area contributed by atoms with Crippen LogP contribution in [0, 0.1) is 19.3 Å². The smallest absolute Gasteiger partial charge is 0.123 e. The third-order valence-electron chi connectivity index (χ3n) is 2.79. The number of ether oxygens (including phenoxy) is 1. The van der Waals surface area contributed by atoms with Gasteiger partial charge in [-0.3, -0.25) is 5.32 Å². The molecule has 1 atom stereocenters. The van der Waals surface area contributed by atoms with Crippen LogP contribution < -0.4 is 10.1 Å². The van der Waals surface area contributed by atoms with E-state index in [9.17, 15) is 0 Å². The molecular formula is C15H21NO. The number of methoxy groups -OCH3 is 1. The van der Waals surface area contributed by atoms with E-state index in [1.165, 1.54) is 5.56 Å². The summed E-state index contributed by atoms with van der Waals surface area (Å²) in [7, 11) is 1.69. The van der Waals surface area contributed by atoms with E-state index in [1.54, 1.807) is 7.11 Å². The SMILES string of the molecule is C#CC(C)(C)NC(C)c1ccc(C)cc1OC. The average Bonchev–Trinajstić information content (AvgIpc) is 2.28. The number of terminal acetylenes is 1. The zero-order valence-corrected chi connectivity index (χ0v) is 11.3. The molecule has 1 aromatic rings. The number of benzene rings is 1. The Morgan fingerprint density at radius 2 is 2.06 bits per heavy atom. The minimum Gasteiger partial charge on any atom is -0.496 e.